The molecule has 2 heterocycles. The van der Waals surface area contributed by atoms with Crippen LogP contribution in [-0.2, 0) is 15.9 Å². The monoisotopic (exact) mass is 410 g/mol. The minimum absolute atomic E-state index is 0.0112. The van der Waals surface area contributed by atoms with Crippen LogP contribution >= 0.6 is 15.9 Å². The molecule has 4 atom stereocenters. The van der Waals surface area contributed by atoms with Gasteiger partial charge in [-0.25, -0.2) is 0 Å². The Morgan fingerprint density at radius 1 is 1.28 bits per heavy atom. The summed E-state index contributed by atoms with van der Waals surface area (Å²) in [5.74, 6) is 1.29. The average Bonchev–Trinajstić information content (AvgIpc) is 3.04. The largest absolute Gasteiger partial charge is 0.475 e. The molecule has 0 aromatic heterocycles. The number of hydrogen-bond acceptors (Lipinski definition) is 4. The van der Waals surface area contributed by atoms with Gasteiger partial charge in [-0.2, -0.15) is 0 Å². The molecule has 4 rings (SSSR count). The summed E-state index contributed by atoms with van der Waals surface area (Å²) < 4.78 is 17.3. The first kappa shape index (κ1) is 17.8. The number of unbranched alkanes of at least 4 members (excludes halogenated alkanes) is 1. The first-order valence-electron chi connectivity index (χ1n) is 9.57. The summed E-state index contributed by atoms with van der Waals surface area (Å²) in [7, 11) is 0. The van der Waals surface area contributed by atoms with Gasteiger partial charge in [0.25, 0.3) is 0 Å². The molecule has 0 spiro atoms. The van der Waals surface area contributed by atoms with Crippen LogP contribution in [0.5, 0.6) is 5.75 Å². The van der Waals surface area contributed by atoms with Crippen molar-refractivity contribution in [2.45, 2.75) is 74.2 Å². The smallest absolute Gasteiger partial charge is 0.172 e. The summed E-state index contributed by atoms with van der Waals surface area (Å²) in [6, 6.07) is 6.43. The van der Waals surface area contributed by atoms with Crippen molar-refractivity contribution < 1.29 is 19.3 Å². The van der Waals surface area contributed by atoms with Gasteiger partial charge in [-0.05, 0) is 66.4 Å². The second-order valence-electron chi connectivity index (χ2n) is 7.49. The predicted molar refractivity (Wildman–Crippen MR) is 99.2 cm³/mol. The molecule has 2 unspecified atom stereocenters. The molecule has 1 aromatic rings. The van der Waals surface area contributed by atoms with E-state index >= 15 is 0 Å². The van der Waals surface area contributed by atoms with E-state index in [1.54, 1.807) is 0 Å². The van der Waals surface area contributed by atoms with E-state index < -0.39 is 4.51 Å². The van der Waals surface area contributed by atoms with Crippen molar-refractivity contribution in [1.29, 1.82) is 0 Å². The van der Waals surface area contributed by atoms with Crippen molar-refractivity contribution in [1.82, 2.24) is 0 Å². The zero-order chi connectivity index (χ0) is 17.3. The Bertz CT molecular complexity index is 601. The van der Waals surface area contributed by atoms with E-state index in [2.05, 4.69) is 34.1 Å². The van der Waals surface area contributed by atoms with Gasteiger partial charge in [0.1, 0.15) is 5.75 Å². The fraction of sp³-hybridized carbons (Fsp3) is 0.700. The zero-order valence-corrected chi connectivity index (χ0v) is 16.2. The summed E-state index contributed by atoms with van der Waals surface area (Å²) in [6.45, 7) is 1.60. The first-order chi connectivity index (χ1) is 12.2. The SMILES string of the molecule is OC1C[C@@H]2c3cccc(CCCCOC4CCCCO4)c3O[C@]2(Br)C1. The third kappa shape index (κ3) is 3.75. The first-order valence-corrected chi connectivity index (χ1v) is 10.4. The minimum atomic E-state index is -0.410. The number of para-hydroxylation sites is 1. The fourth-order valence-corrected chi connectivity index (χ4v) is 5.28. The van der Waals surface area contributed by atoms with Crippen molar-refractivity contribution >= 4 is 15.9 Å². The Kier molecular flexibility index (Phi) is 5.37. The highest BCUT2D eigenvalue weighted by molar-refractivity contribution is 9.10. The van der Waals surface area contributed by atoms with Crippen LogP contribution in [0.15, 0.2) is 18.2 Å². The summed E-state index contributed by atoms with van der Waals surface area (Å²) in [4.78, 5) is 0. The molecule has 4 nitrogen and oxygen atoms in total. The topological polar surface area (TPSA) is 47.9 Å². The Balaban J connectivity index is 1.30. The van der Waals surface area contributed by atoms with Crippen molar-refractivity contribution in [3.05, 3.63) is 29.3 Å². The van der Waals surface area contributed by atoms with E-state index in [1.165, 1.54) is 17.5 Å². The van der Waals surface area contributed by atoms with E-state index in [9.17, 15) is 5.11 Å². The van der Waals surface area contributed by atoms with Gasteiger partial charge in [-0.1, -0.05) is 18.2 Å². The van der Waals surface area contributed by atoms with E-state index in [0.717, 1.165) is 57.5 Å². The van der Waals surface area contributed by atoms with Crippen molar-refractivity contribution in [3.63, 3.8) is 0 Å². The Morgan fingerprint density at radius 3 is 3.04 bits per heavy atom. The lowest BCUT2D eigenvalue weighted by Gasteiger charge is -2.22. The van der Waals surface area contributed by atoms with Crippen LogP contribution in [0.4, 0.5) is 0 Å². The van der Waals surface area contributed by atoms with Gasteiger partial charge in [0, 0.05) is 31.1 Å². The molecule has 1 aliphatic carbocycles. The second-order valence-corrected chi connectivity index (χ2v) is 8.84. The van der Waals surface area contributed by atoms with Crippen LogP contribution in [0.1, 0.15) is 62.0 Å². The Hall–Kier alpha value is -0.620. The number of alkyl halides is 1. The summed E-state index contributed by atoms with van der Waals surface area (Å²) in [6.07, 6.45) is 7.67. The molecular formula is C20H27BrO4. The highest BCUT2D eigenvalue weighted by Crippen LogP contribution is 2.57. The number of benzene rings is 1. The maximum atomic E-state index is 9.97. The molecule has 5 heteroatoms. The van der Waals surface area contributed by atoms with Crippen LogP contribution in [0.3, 0.4) is 0 Å². The fourth-order valence-electron chi connectivity index (χ4n) is 4.31. The van der Waals surface area contributed by atoms with Gasteiger partial charge < -0.3 is 19.3 Å². The Labute approximate surface area is 158 Å². The molecule has 0 amide bonds. The van der Waals surface area contributed by atoms with Gasteiger partial charge >= 0.3 is 0 Å². The average molecular weight is 411 g/mol. The predicted octanol–water partition coefficient (Wildman–Crippen LogP) is 4.27. The van der Waals surface area contributed by atoms with E-state index in [-0.39, 0.29) is 18.3 Å². The number of aliphatic hydroxyl groups is 1. The lowest BCUT2D eigenvalue weighted by Crippen LogP contribution is -2.26. The highest BCUT2D eigenvalue weighted by atomic mass is 79.9. The second kappa shape index (κ2) is 7.55. The molecule has 2 aliphatic heterocycles. The standard InChI is InChI=1S/C20H27BrO4/c21-20-13-15(22)12-17(20)16-8-5-7-14(19(16)25-20)6-1-3-10-23-18-9-2-4-11-24-18/h5,7-8,15,17-18,22H,1-4,6,9-13H2/t15?,17-,18?,20-/m1/s1. The number of rotatable bonds is 6. The van der Waals surface area contributed by atoms with Crippen molar-refractivity contribution in [2.75, 3.05) is 13.2 Å². The van der Waals surface area contributed by atoms with Crippen LogP contribution in [0.2, 0.25) is 0 Å². The van der Waals surface area contributed by atoms with Gasteiger partial charge in [0.15, 0.2) is 10.8 Å². The molecule has 0 bridgehead atoms. The maximum absolute atomic E-state index is 9.97. The lowest BCUT2D eigenvalue weighted by molar-refractivity contribution is -0.162. The molecule has 0 radical (unpaired) electrons. The number of aliphatic hydroxyl groups excluding tert-OH is 1. The molecule has 1 aromatic carbocycles. The minimum Gasteiger partial charge on any atom is -0.475 e. The third-order valence-corrected chi connectivity index (χ3v) is 6.64. The van der Waals surface area contributed by atoms with Crippen molar-refractivity contribution in [2.24, 2.45) is 0 Å². The molecule has 2 fully saturated rings. The molecule has 1 saturated heterocycles. The third-order valence-electron chi connectivity index (χ3n) is 5.60. The van der Waals surface area contributed by atoms with Crippen LogP contribution < -0.4 is 4.74 Å². The maximum Gasteiger partial charge on any atom is 0.172 e. The molecular weight excluding hydrogens is 384 g/mol. The van der Waals surface area contributed by atoms with Gasteiger partial charge in [-0.15, -0.1) is 0 Å². The molecule has 3 aliphatic rings. The normalized spacial score (nSPS) is 33.8. The van der Waals surface area contributed by atoms with E-state index in [4.69, 9.17) is 14.2 Å². The number of ether oxygens (including phenoxy) is 3. The van der Waals surface area contributed by atoms with Crippen LogP contribution in [0.25, 0.3) is 0 Å². The quantitative estimate of drug-likeness (QED) is 0.561. The van der Waals surface area contributed by atoms with Crippen LogP contribution in [0, 0.1) is 0 Å². The summed E-state index contributed by atoms with van der Waals surface area (Å²) >= 11 is 3.75. The van der Waals surface area contributed by atoms with E-state index in [0.29, 0.717) is 6.42 Å². The van der Waals surface area contributed by atoms with Gasteiger partial charge in [0.05, 0.1) is 6.10 Å². The zero-order valence-electron chi connectivity index (χ0n) is 14.6. The van der Waals surface area contributed by atoms with Gasteiger partial charge in [-0.3, -0.25) is 0 Å². The molecule has 138 valence electrons. The van der Waals surface area contributed by atoms with Crippen LogP contribution in [-0.4, -0.2) is 35.2 Å². The summed E-state index contributed by atoms with van der Waals surface area (Å²) in [5, 5.41) is 9.97. The Morgan fingerprint density at radius 2 is 2.20 bits per heavy atom. The lowest BCUT2D eigenvalue weighted by atomic mass is 9.94. The van der Waals surface area contributed by atoms with E-state index in [1.807, 2.05) is 0 Å². The van der Waals surface area contributed by atoms with Crippen molar-refractivity contribution in [3.8, 4) is 5.75 Å². The number of aryl methyl sites for hydroxylation is 1. The number of fused-ring (bicyclic) bond motifs is 3. The number of hydrogen-bond donors (Lipinski definition) is 1. The molecule has 1 saturated carbocycles. The van der Waals surface area contributed by atoms with Gasteiger partial charge in [0.2, 0.25) is 0 Å². The summed E-state index contributed by atoms with van der Waals surface area (Å²) in [5.41, 5.74) is 2.52. The molecule has 25 heavy (non-hydrogen) atoms. The number of halogens is 1. The molecule has 1 N–H and O–H groups in total. The highest BCUT2D eigenvalue weighted by Gasteiger charge is 2.53.